The predicted octanol–water partition coefficient (Wildman–Crippen LogP) is 17.9. The van der Waals surface area contributed by atoms with Gasteiger partial charge in [0.05, 0.1) is 22.7 Å². The van der Waals surface area contributed by atoms with Crippen molar-refractivity contribution in [3.8, 4) is 33.4 Å². The molecule has 0 amide bonds. The number of benzene rings is 10. The fraction of sp³-hybridized carbons (Fsp3) is 0.138. The molecule has 0 unspecified atom stereocenters. The van der Waals surface area contributed by atoms with Gasteiger partial charge in [-0.15, -0.1) is 0 Å². The topological polar surface area (TPSA) is 6.48 Å². The first kappa shape index (κ1) is 39.7. The van der Waals surface area contributed by atoms with E-state index in [4.69, 9.17) is 0 Å². The lowest BCUT2D eigenvalue weighted by molar-refractivity contribution is 0.632. The summed E-state index contributed by atoms with van der Waals surface area (Å²) in [7, 11) is 0. The predicted molar refractivity (Wildman–Crippen MR) is 284 cm³/mol. The zero-order valence-corrected chi connectivity index (χ0v) is 39.0. The van der Waals surface area contributed by atoms with E-state index in [1.165, 1.54) is 99.7 Å². The van der Waals surface area contributed by atoms with Crippen molar-refractivity contribution in [3.05, 3.63) is 240 Å². The molecule has 10 aromatic rings. The van der Waals surface area contributed by atoms with Gasteiger partial charge in [-0.25, -0.2) is 0 Å². The Bertz CT molecular complexity index is 3580. The Morgan fingerprint density at radius 3 is 1.46 bits per heavy atom. The van der Waals surface area contributed by atoms with E-state index in [1.807, 2.05) is 0 Å². The molecular formula is C65H52N2. The van der Waals surface area contributed by atoms with Gasteiger partial charge in [0.1, 0.15) is 0 Å². The zero-order valence-electron chi connectivity index (χ0n) is 39.0. The number of anilines is 6. The van der Waals surface area contributed by atoms with Crippen LogP contribution in [0, 0.1) is 0 Å². The molecule has 2 heteroatoms. The molecule has 0 N–H and O–H groups in total. The number of rotatable bonds is 5. The van der Waals surface area contributed by atoms with Crippen LogP contribution < -0.4 is 9.80 Å². The molecule has 0 atom stereocenters. The van der Waals surface area contributed by atoms with Gasteiger partial charge < -0.3 is 9.80 Å². The average Bonchev–Trinajstić information content (AvgIpc) is 3.73. The van der Waals surface area contributed by atoms with E-state index in [-0.39, 0.29) is 16.2 Å². The minimum absolute atomic E-state index is 0.171. The Morgan fingerprint density at radius 1 is 0.328 bits per heavy atom. The quantitative estimate of drug-likeness (QED) is 0.170. The summed E-state index contributed by atoms with van der Waals surface area (Å²) in [6, 6.07) is 77.9. The van der Waals surface area contributed by atoms with Gasteiger partial charge >= 0.3 is 0 Å². The highest BCUT2D eigenvalue weighted by atomic mass is 15.2. The maximum Gasteiger partial charge on any atom is 0.0781 e. The number of hydrogen-bond donors (Lipinski definition) is 0. The molecule has 0 fully saturated rings. The van der Waals surface area contributed by atoms with Crippen molar-refractivity contribution < 1.29 is 0 Å². The fourth-order valence-electron chi connectivity index (χ4n) is 12.4. The standard InChI is InChI=1S/C65H52N2/c1-63(2)53-26-13-11-23-49(53)51-34-32-44(39-57(51)63)66(45-33-35-52-50-24-12-14-27-54(50)64(3,4)58(52)40-45)60-37-31-42-19-8-10-22-48(42)62(60)67-59-29-16-15-28-55(59)65(5,6)56-36-30-43(38-61(56)67)47-25-17-20-41-18-7-9-21-46(41)47/h7-40H,1-6H3. The van der Waals surface area contributed by atoms with Crippen molar-refractivity contribution in [2.24, 2.45) is 0 Å². The highest BCUT2D eigenvalue weighted by Gasteiger charge is 2.41. The second-order valence-electron chi connectivity index (χ2n) is 20.5. The molecule has 0 bridgehead atoms. The summed E-state index contributed by atoms with van der Waals surface area (Å²) in [4.78, 5) is 5.17. The van der Waals surface area contributed by atoms with E-state index in [0.717, 1.165) is 22.7 Å². The summed E-state index contributed by atoms with van der Waals surface area (Å²) >= 11 is 0. The number of fused-ring (bicyclic) bond motifs is 10. The molecule has 322 valence electrons. The summed E-state index contributed by atoms with van der Waals surface area (Å²) < 4.78 is 0. The minimum Gasteiger partial charge on any atom is -0.308 e. The largest absolute Gasteiger partial charge is 0.308 e. The lowest BCUT2D eigenvalue weighted by atomic mass is 9.73. The lowest BCUT2D eigenvalue weighted by Gasteiger charge is -2.44. The number of nitrogens with zero attached hydrogens (tertiary/aromatic N) is 2. The summed E-state index contributed by atoms with van der Waals surface area (Å²) in [5.74, 6) is 0. The van der Waals surface area contributed by atoms with Gasteiger partial charge in [-0.05, 0) is 125 Å². The van der Waals surface area contributed by atoms with Gasteiger partial charge in [-0.2, -0.15) is 0 Å². The molecule has 0 saturated heterocycles. The molecule has 67 heavy (non-hydrogen) atoms. The van der Waals surface area contributed by atoms with Gasteiger partial charge in [0.2, 0.25) is 0 Å². The van der Waals surface area contributed by atoms with Crippen LogP contribution in [0.15, 0.2) is 206 Å². The van der Waals surface area contributed by atoms with Gasteiger partial charge in [0.15, 0.2) is 0 Å². The molecule has 3 aliphatic rings. The van der Waals surface area contributed by atoms with Crippen LogP contribution in [0.25, 0.3) is 54.9 Å². The van der Waals surface area contributed by atoms with Crippen molar-refractivity contribution in [2.75, 3.05) is 9.80 Å². The van der Waals surface area contributed by atoms with Gasteiger partial charge in [0.25, 0.3) is 0 Å². The summed E-state index contributed by atoms with van der Waals surface area (Å²) in [5.41, 5.74) is 22.1. The van der Waals surface area contributed by atoms with E-state index >= 15 is 0 Å². The molecule has 2 aliphatic carbocycles. The minimum atomic E-state index is -0.259. The summed E-state index contributed by atoms with van der Waals surface area (Å²) in [6.07, 6.45) is 0. The highest BCUT2D eigenvalue weighted by molar-refractivity contribution is 6.09. The maximum absolute atomic E-state index is 2.61. The van der Waals surface area contributed by atoms with Crippen LogP contribution in [0.3, 0.4) is 0 Å². The van der Waals surface area contributed by atoms with Crippen LogP contribution in [0.2, 0.25) is 0 Å². The Kier molecular flexibility index (Phi) is 8.38. The van der Waals surface area contributed by atoms with Crippen LogP contribution in [-0.2, 0) is 16.2 Å². The van der Waals surface area contributed by atoms with Gasteiger partial charge in [-0.3, -0.25) is 0 Å². The van der Waals surface area contributed by atoms with E-state index in [9.17, 15) is 0 Å². The van der Waals surface area contributed by atoms with Crippen molar-refractivity contribution in [2.45, 2.75) is 57.8 Å². The molecule has 0 aromatic heterocycles. The fourth-order valence-corrected chi connectivity index (χ4v) is 12.4. The van der Waals surface area contributed by atoms with Gasteiger partial charge in [0, 0.05) is 33.0 Å². The van der Waals surface area contributed by atoms with E-state index in [1.54, 1.807) is 0 Å². The first-order valence-corrected chi connectivity index (χ1v) is 23.8. The van der Waals surface area contributed by atoms with E-state index in [2.05, 4.69) is 258 Å². The number of hydrogen-bond acceptors (Lipinski definition) is 2. The first-order valence-electron chi connectivity index (χ1n) is 23.8. The molecule has 0 spiro atoms. The van der Waals surface area contributed by atoms with Crippen LogP contribution in [0.4, 0.5) is 34.1 Å². The van der Waals surface area contributed by atoms with Crippen molar-refractivity contribution in [1.29, 1.82) is 0 Å². The first-order chi connectivity index (χ1) is 32.5. The molecule has 0 radical (unpaired) electrons. The molecular weight excluding hydrogens is 809 g/mol. The summed E-state index contributed by atoms with van der Waals surface area (Å²) in [6.45, 7) is 14.3. The smallest absolute Gasteiger partial charge is 0.0781 e. The average molecular weight is 861 g/mol. The lowest BCUT2D eigenvalue weighted by Crippen LogP contribution is -2.31. The van der Waals surface area contributed by atoms with Crippen molar-refractivity contribution in [1.82, 2.24) is 0 Å². The Labute approximate surface area is 394 Å². The maximum atomic E-state index is 2.61. The van der Waals surface area contributed by atoms with Crippen LogP contribution in [-0.4, -0.2) is 0 Å². The van der Waals surface area contributed by atoms with E-state index < -0.39 is 0 Å². The molecule has 2 nitrogen and oxygen atoms in total. The zero-order chi connectivity index (χ0) is 45.4. The third kappa shape index (κ3) is 5.63. The Morgan fingerprint density at radius 2 is 0.806 bits per heavy atom. The Balaban J connectivity index is 1.11. The van der Waals surface area contributed by atoms with Crippen LogP contribution in [0.1, 0.15) is 74.9 Å². The molecule has 10 aromatic carbocycles. The third-order valence-corrected chi connectivity index (χ3v) is 15.8. The van der Waals surface area contributed by atoms with Crippen molar-refractivity contribution >= 4 is 55.7 Å². The Hall–Kier alpha value is -7.68. The molecule has 1 heterocycles. The normalized spacial score (nSPS) is 15.3. The van der Waals surface area contributed by atoms with Crippen LogP contribution in [0.5, 0.6) is 0 Å². The van der Waals surface area contributed by atoms with E-state index in [0.29, 0.717) is 0 Å². The van der Waals surface area contributed by atoms with Gasteiger partial charge in [-0.1, -0.05) is 205 Å². The SMILES string of the molecule is CC1(C)c2ccccc2-c2ccc(N(c3ccc4c(c3)C(C)(C)c3ccccc3-4)c3ccc4ccccc4c3N3c4ccccc4C(C)(C)c4ccc(-c5cccc6ccccc56)cc43)cc21. The highest BCUT2D eigenvalue weighted by Crippen LogP contribution is 2.59. The molecule has 13 rings (SSSR count). The molecule has 0 saturated carbocycles. The van der Waals surface area contributed by atoms with Crippen LogP contribution >= 0.6 is 0 Å². The molecule has 1 aliphatic heterocycles. The number of para-hydroxylation sites is 1. The third-order valence-electron chi connectivity index (χ3n) is 15.8. The second kappa shape index (κ2) is 14.2. The summed E-state index contributed by atoms with van der Waals surface area (Å²) in [5, 5.41) is 4.90. The monoisotopic (exact) mass is 860 g/mol. The van der Waals surface area contributed by atoms with Crippen molar-refractivity contribution in [3.63, 3.8) is 0 Å². The second-order valence-corrected chi connectivity index (χ2v) is 20.5.